The molecule has 0 fully saturated rings. The Kier molecular flexibility index (Phi) is 5.54. The van der Waals surface area contributed by atoms with Crippen molar-refractivity contribution in [2.45, 2.75) is 38.7 Å². The van der Waals surface area contributed by atoms with Gasteiger partial charge in [-0.3, -0.25) is 5.10 Å². The van der Waals surface area contributed by atoms with E-state index in [0.717, 1.165) is 22.4 Å². The van der Waals surface area contributed by atoms with Crippen molar-refractivity contribution in [3.05, 3.63) is 82.4 Å². The van der Waals surface area contributed by atoms with Crippen LogP contribution in [0.2, 0.25) is 0 Å². The van der Waals surface area contributed by atoms with Gasteiger partial charge in [0.25, 0.3) is 0 Å². The number of rotatable bonds is 5. The van der Waals surface area contributed by atoms with Gasteiger partial charge in [0.2, 0.25) is 11.8 Å². The molecule has 1 atom stereocenters. The molecule has 0 saturated heterocycles. The van der Waals surface area contributed by atoms with Crippen LogP contribution in [0.1, 0.15) is 49.1 Å². The Labute approximate surface area is 187 Å². The molecule has 2 heterocycles. The molecule has 2 aromatic carbocycles. The van der Waals surface area contributed by atoms with Crippen LogP contribution in [-0.2, 0) is 12.0 Å². The van der Waals surface area contributed by atoms with E-state index in [1.54, 1.807) is 7.11 Å². The van der Waals surface area contributed by atoms with E-state index in [1.165, 1.54) is 0 Å². The number of hydrogen-bond donors (Lipinski definition) is 2. The average Bonchev–Trinajstić information content (AvgIpc) is 3.21. The summed E-state index contributed by atoms with van der Waals surface area (Å²) in [7, 11) is 1.59. The number of nitriles is 1. The molecule has 7 nitrogen and oxygen atoms in total. The summed E-state index contributed by atoms with van der Waals surface area (Å²) in [6, 6.07) is 17.8. The highest BCUT2D eigenvalue weighted by molar-refractivity contribution is 5.58. The smallest absolute Gasteiger partial charge is 0.244 e. The summed E-state index contributed by atoms with van der Waals surface area (Å²) in [5, 5.41) is 17.3. The lowest BCUT2D eigenvalue weighted by Crippen LogP contribution is -2.24. The van der Waals surface area contributed by atoms with Crippen molar-refractivity contribution in [1.29, 1.82) is 5.26 Å². The molecule has 7 heteroatoms. The van der Waals surface area contributed by atoms with E-state index in [4.69, 9.17) is 19.9 Å². The van der Waals surface area contributed by atoms with Crippen molar-refractivity contribution in [3.63, 3.8) is 0 Å². The number of benzene rings is 2. The third-order valence-electron chi connectivity index (χ3n) is 5.45. The van der Waals surface area contributed by atoms with E-state index in [2.05, 4.69) is 37.0 Å². The maximum Gasteiger partial charge on any atom is 0.244 e. The number of nitrogens with two attached hydrogens (primary N) is 1. The van der Waals surface area contributed by atoms with Crippen LogP contribution in [-0.4, -0.2) is 17.3 Å². The van der Waals surface area contributed by atoms with Crippen LogP contribution < -0.4 is 19.9 Å². The van der Waals surface area contributed by atoms with Crippen LogP contribution in [0.4, 0.5) is 0 Å². The third-order valence-corrected chi connectivity index (χ3v) is 5.45. The topological polar surface area (TPSA) is 106 Å². The Morgan fingerprint density at radius 3 is 2.56 bits per heavy atom. The van der Waals surface area contributed by atoms with Crippen LogP contribution in [0.5, 0.6) is 17.4 Å². The molecule has 0 bridgehead atoms. The first-order chi connectivity index (χ1) is 15.3. The second-order valence-corrected chi connectivity index (χ2v) is 8.68. The lowest BCUT2D eigenvalue weighted by molar-refractivity contribution is 0.284. The number of methoxy groups -OCH3 is 1. The fourth-order valence-corrected chi connectivity index (χ4v) is 3.87. The number of ether oxygens (including phenoxy) is 3. The van der Waals surface area contributed by atoms with E-state index in [0.29, 0.717) is 29.6 Å². The summed E-state index contributed by atoms with van der Waals surface area (Å²) in [5.41, 5.74) is 9.78. The van der Waals surface area contributed by atoms with Gasteiger partial charge >= 0.3 is 0 Å². The van der Waals surface area contributed by atoms with Gasteiger partial charge in [0, 0.05) is 11.1 Å². The normalized spacial score (nSPS) is 15.5. The number of nitrogens with zero attached hydrogens (tertiary/aromatic N) is 2. The van der Waals surface area contributed by atoms with Gasteiger partial charge in [0.15, 0.2) is 11.5 Å². The summed E-state index contributed by atoms with van der Waals surface area (Å²) in [6.07, 6.45) is 0. The van der Waals surface area contributed by atoms with Crippen molar-refractivity contribution in [1.82, 2.24) is 10.2 Å². The van der Waals surface area contributed by atoms with E-state index in [9.17, 15) is 5.26 Å². The van der Waals surface area contributed by atoms with Crippen LogP contribution in [0, 0.1) is 11.3 Å². The highest BCUT2D eigenvalue weighted by Gasteiger charge is 2.38. The Balaban J connectivity index is 1.75. The molecule has 0 saturated carbocycles. The van der Waals surface area contributed by atoms with Crippen molar-refractivity contribution >= 4 is 0 Å². The minimum Gasteiger partial charge on any atom is -0.493 e. The number of H-pyrrole nitrogens is 1. The predicted molar refractivity (Wildman–Crippen MR) is 120 cm³/mol. The molecular formula is C25H26N4O3. The lowest BCUT2D eigenvalue weighted by Gasteiger charge is -2.27. The SMILES string of the molecule is COc1cc([C@H]2C(C#N)=C(N)Oc3n[nH]c(C(C)(C)C)c32)ccc1OCc1ccccc1. The largest absolute Gasteiger partial charge is 0.493 e. The summed E-state index contributed by atoms with van der Waals surface area (Å²) in [5.74, 6) is 1.20. The zero-order chi connectivity index (χ0) is 22.9. The van der Waals surface area contributed by atoms with Gasteiger partial charge in [-0.05, 0) is 23.3 Å². The highest BCUT2D eigenvalue weighted by Crippen LogP contribution is 2.46. The summed E-state index contributed by atoms with van der Waals surface area (Å²) >= 11 is 0. The monoisotopic (exact) mass is 430 g/mol. The molecule has 0 unspecified atom stereocenters. The molecule has 1 aliphatic rings. The molecule has 0 amide bonds. The molecule has 1 aromatic heterocycles. The number of fused-ring (bicyclic) bond motifs is 1. The van der Waals surface area contributed by atoms with Gasteiger partial charge < -0.3 is 19.9 Å². The maximum absolute atomic E-state index is 9.89. The molecule has 1 aliphatic heterocycles. The minimum absolute atomic E-state index is 0.0559. The molecule has 0 spiro atoms. The average molecular weight is 431 g/mol. The van der Waals surface area contributed by atoms with Crippen LogP contribution in [0.25, 0.3) is 0 Å². The van der Waals surface area contributed by atoms with Gasteiger partial charge in [0.1, 0.15) is 18.2 Å². The fourth-order valence-electron chi connectivity index (χ4n) is 3.87. The minimum atomic E-state index is -0.436. The molecule has 3 N–H and O–H groups in total. The summed E-state index contributed by atoms with van der Waals surface area (Å²) < 4.78 is 17.3. The van der Waals surface area contributed by atoms with Crippen molar-refractivity contribution < 1.29 is 14.2 Å². The molecule has 32 heavy (non-hydrogen) atoms. The van der Waals surface area contributed by atoms with E-state index in [1.807, 2.05) is 48.5 Å². The summed E-state index contributed by atoms with van der Waals surface area (Å²) in [4.78, 5) is 0. The fraction of sp³-hybridized carbons (Fsp3) is 0.280. The number of nitrogens with one attached hydrogen (secondary N) is 1. The van der Waals surface area contributed by atoms with Gasteiger partial charge in [-0.25, -0.2) is 0 Å². The second-order valence-electron chi connectivity index (χ2n) is 8.68. The first kappa shape index (κ1) is 21.3. The van der Waals surface area contributed by atoms with E-state index in [-0.39, 0.29) is 11.3 Å². The van der Waals surface area contributed by atoms with Crippen LogP contribution in [0.3, 0.4) is 0 Å². The number of aromatic amines is 1. The molecule has 3 aromatic rings. The second kappa shape index (κ2) is 8.31. The van der Waals surface area contributed by atoms with Crippen LogP contribution >= 0.6 is 0 Å². The standard InChI is InChI=1S/C25H26N4O3/c1-25(2,3)22-21-20(17(13-26)23(27)32-24(21)29-28-22)16-10-11-18(19(12-16)30-4)31-14-15-8-6-5-7-9-15/h5-12,20H,14,27H2,1-4H3,(H,28,29)/t20-/m0/s1. The predicted octanol–water partition coefficient (Wildman–Crippen LogP) is 4.51. The molecular weight excluding hydrogens is 404 g/mol. The molecule has 164 valence electrons. The van der Waals surface area contributed by atoms with Gasteiger partial charge in [-0.2, -0.15) is 5.26 Å². The zero-order valence-corrected chi connectivity index (χ0v) is 18.6. The Morgan fingerprint density at radius 2 is 1.91 bits per heavy atom. The third kappa shape index (κ3) is 3.87. The quantitative estimate of drug-likeness (QED) is 0.617. The lowest BCUT2D eigenvalue weighted by atomic mass is 9.79. The van der Waals surface area contributed by atoms with Crippen molar-refractivity contribution in [3.8, 4) is 23.4 Å². The highest BCUT2D eigenvalue weighted by atomic mass is 16.5. The van der Waals surface area contributed by atoms with Gasteiger partial charge in [0.05, 0.1) is 18.6 Å². The van der Waals surface area contributed by atoms with Crippen LogP contribution in [0.15, 0.2) is 60.0 Å². The first-order valence-electron chi connectivity index (χ1n) is 10.3. The van der Waals surface area contributed by atoms with Crippen molar-refractivity contribution in [2.75, 3.05) is 7.11 Å². The number of hydrogen-bond acceptors (Lipinski definition) is 6. The van der Waals surface area contributed by atoms with E-state index < -0.39 is 5.92 Å². The summed E-state index contributed by atoms with van der Waals surface area (Å²) in [6.45, 7) is 6.65. The maximum atomic E-state index is 9.89. The Bertz CT molecular complexity index is 1200. The first-order valence-corrected chi connectivity index (χ1v) is 10.3. The number of allylic oxidation sites excluding steroid dienone is 1. The van der Waals surface area contributed by atoms with E-state index >= 15 is 0 Å². The number of aromatic nitrogens is 2. The Hall–Kier alpha value is -3.92. The van der Waals surface area contributed by atoms with Gasteiger partial charge in [-0.15, -0.1) is 5.10 Å². The molecule has 0 aliphatic carbocycles. The zero-order valence-electron chi connectivity index (χ0n) is 18.6. The van der Waals surface area contributed by atoms with Gasteiger partial charge in [-0.1, -0.05) is 57.2 Å². The Morgan fingerprint density at radius 1 is 1.16 bits per heavy atom. The van der Waals surface area contributed by atoms with Crippen molar-refractivity contribution in [2.24, 2.45) is 5.73 Å². The molecule has 4 rings (SSSR count). The molecule has 0 radical (unpaired) electrons.